The molecule has 0 atom stereocenters. The van der Waals surface area contributed by atoms with Crippen LogP contribution < -0.4 is 5.32 Å². The van der Waals surface area contributed by atoms with Gasteiger partial charge in [0.05, 0.1) is 6.42 Å². The van der Waals surface area contributed by atoms with E-state index in [1.165, 1.54) is 4.90 Å². The fraction of sp³-hybridized carbons (Fsp3) is 0.857. The Hall–Kier alpha value is -1.30. The highest BCUT2D eigenvalue weighted by atomic mass is 16.5. The Morgan fingerprint density at radius 1 is 1.25 bits per heavy atom. The van der Waals surface area contributed by atoms with Crippen molar-refractivity contribution in [1.82, 2.24) is 10.2 Å². The number of nitrogens with zero attached hydrogens (tertiary/aromatic N) is 1. The van der Waals surface area contributed by atoms with E-state index in [0.717, 1.165) is 13.0 Å². The van der Waals surface area contributed by atoms with Crippen LogP contribution in [0.3, 0.4) is 0 Å². The number of rotatable bonds is 10. The summed E-state index contributed by atoms with van der Waals surface area (Å²) in [5, 5.41) is 11.5. The molecule has 0 aromatic carbocycles. The molecule has 0 fully saturated rings. The van der Waals surface area contributed by atoms with Crippen molar-refractivity contribution < 1.29 is 19.4 Å². The normalized spacial score (nSPS) is 10.9. The van der Waals surface area contributed by atoms with E-state index in [9.17, 15) is 9.59 Å². The van der Waals surface area contributed by atoms with Gasteiger partial charge in [-0.1, -0.05) is 13.8 Å². The maximum atomic E-state index is 11.9. The zero-order valence-electron chi connectivity index (χ0n) is 13.0. The van der Waals surface area contributed by atoms with Gasteiger partial charge in [0, 0.05) is 32.3 Å². The molecule has 6 heteroatoms. The molecule has 0 unspecified atom stereocenters. The highest BCUT2D eigenvalue weighted by Crippen LogP contribution is 2.01. The number of hydrogen-bond acceptors (Lipinski definition) is 3. The molecule has 20 heavy (non-hydrogen) atoms. The Bertz CT molecular complexity index is 293. The number of hydrogen-bond donors (Lipinski definition) is 2. The van der Waals surface area contributed by atoms with Crippen LogP contribution >= 0.6 is 0 Å². The van der Waals surface area contributed by atoms with Gasteiger partial charge in [-0.05, 0) is 26.2 Å². The zero-order valence-corrected chi connectivity index (χ0v) is 13.0. The van der Waals surface area contributed by atoms with Gasteiger partial charge in [0.1, 0.15) is 0 Å². The topological polar surface area (TPSA) is 78.9 Å². The maximum absolute atomic E-state index is 11.9. The molecule has 0 saturated heterocycles. The lowest BCUT2D eigenvalue weighted by molar-refractivity contribution is -0.137. The molecule has 0 spiro atoms. The molecule has 0 aliphatic rings. The van der Waals surface area contributed by atoms with Crippen molar-refractivity contribution in [2.75, 3.05) is 26.3 Å². The van der Waals surface area contributed by atoms with E-state index in [-0.39, 0.29) is 25.0 Å². The summed E-state index contributed by atoms with van der Waals surface area (Å²) in [5.41, 5.74) is 0. The number of carbonyl (C=O) groups excluding carboxylic acids is 1. The Balaban J connectivity index is 3.87. The molecular formula is C14H28N2O4. The SMILES string of the molecule is CC(C)COCCCNC(=O)N(CCC(=O)O)C(C)C. The third-order valence-electron chi connectivity index (χ3n) is 2.64. The maximum Gasteiger partial charge on any atom is 0.317 e. The Morgan fingerprint density at radius 3 is 2.40 bits per heavy atom. The van der Waals surface area contributed by atoms with Crippen LogP contribution in [0, 0.1) is 5.92 Å². The van der Waals surface area contributed by atoms with Gasteiger partial charge < -0.3 is 20.1 Å². The van der Waals surface area contributed by atoms with Gasteiger partial charge in [0.25, 0.3) is 0 Å². The van der Waals surface area contributed by atoms with E-state index in [4.69, 9.17) is 9.84 Å². The van der Waals surface area contributed by atoms with Crippen LogP contribution in [0.4, 0.5) is 4.79 Å². The van der Waals surface area contributed by atoms with Crippen LogP contribution in [0.1, 0.15) is 40.5 Å². The monoisotopic (exact) mass is 288 g/mol. The molecular weight excluding hydrogens is 260 g/mol. The number of aliphatic carboxylic acids is 1. The van der Waals surface area contributed by atoms with Crippen molar-refractivity contribution in [3.63, 3.8) is 0 Å². The van der Waals surface area contributed by atoms with Crippen LogP contribution in [-0.2, 0) is 9.53 Å². The van der Waals surface area contributed by atoms with Crippen molar-refractivity contribution in [3.8, 4) is 0 Å². The fourth-order valence-corrected chi connectivity index (χ4v) is 1.60. The zero-order chi connectivity index (χ0) is 15.5. The predicted octanol–water partition coefficient (Wildman–Crippen LogP) is 1.94. The van der Waals surface area contributed by atoms with E-state index in [0.29, 0.717) is 19.1 Å². The van der Waals surface area contributed by atoms with Gasteiger partial charge >= 0.3 is 12.0 Å². The van der Waals surface area contributed by atoms with Crippen molar-refractivity contribution in [2.24, 2.45) is 5.92 Å². The summed E-state index contributed by atoms with van der Waals surface area (Å²) in [6.45, 7) is 10.0. The summed E-state index contributed by atoms with van der Waals surface area (Å²) < 4.78 is 5.42. The number of carboxylic acids is 1. The predicted molar refractivity (Wildman–Crippen MR) is 77.8 cm³/mol. The first kappa shape index (κ1) is 18.7. The molecule has 0 aromatic heterocycles. The number of urea groups is 1. The molecule has 6 nitrogen and oxygen atoms in total. The Kier molecular flexibility index (Phi) is 9.80. The van der Waals surface area contributed by atoms with Crippen molar-refractivity contribution in [3.05, 3.63) is 0 Å². The van der Waals surface area contributed by atoms with Gasteiger partial charge in [-0.2, -0.15) is 0 Å². The second kappa shape index (κ2) is 10.5. The number of ether oxygens (including phenoxy) is 1. The average Bonchev–Trinajstić information content (AvgIpc) is 2.32. The first-order chi connectivity index (χ1) is 9.34. The van der Waals surface area contributed by atoms with Gasteiger partial charge in [-0.25, -0.2) is 4.79 Å². The van der Waals surface area contributed by atoms with Gasteiger partial charge in [0.2, 0.25) is 0 Å². The quantitative estimate of drug-likeness (QED) is 0.602. The lowest BCUT2D eigenvalue weighted by Gasteiger charge is -2.26. The summed E-state index contributed by atoms with van der Waals surface area (Å²) in [5.74, 6) is -0.387. The minimum absolute atomic E-state index is 0.0217. The van der Waals surface area contributed by atoms with Crippen LogP contribution in [0.2, 0.25) is 0 Å². The molecule has 0 aliphatic heterocycles. The minimum atomic E-state index is -0.898. The molecule has 0 rings (SSSR count). The Morgan fingerprint density at radius 2 is 1.90 bits per heavy atom. The van der Waals surface area contributed by atoms with Crippen molar-refractivity contribution >= 4 is 12.0 Å². The van der Waals surface area contributed by atoms with Crippen LogP contribution in [0.25, 0.3) is 0 Å². The number of carboxylic acid groups (broad SMARTS) is 1. The summed E-state index contributed by atoms with van der Waals surface area (Å²) in [6, 6.07) is -0.239. The minimum Gasteiger partial charge on any atom is -0.481 e. The first-order valence-corrected chi connectivity index (χ1v) is 7.18. The van der Waals surface area contributed by atoms with Gasteiger partial charge in [-0.3, -0.25) is 4.79 Å². The highest BCUT2D eigenvalue weighted by Gasteiger charge is 2.17. The Labute approximate surface area is 121 Å². The molecule has 2 N–H and O–H groups in total. The average molecular weight is 288 g/mol. The second-order valence-electron chi connectivity index (χ2n) is 5.49. The highest BCUT2D eigenvalue weighted by molar-refractivity contribution is 5.75. The van der Waals surface area contributed by atoms with Crippen molar-refractivity contribution in [2.45, 2.75) is 46.6 Å². The molecule has 0 aliphatic carbocycles. The van der Waals surface area contributed by atoms with E-state index >= 15 is 0 Å². The molecule has 0 heterocycles. The largest absolute Gasteiger partial charge is 0.481 e. The van der Waals surface area contributed by atoms with Crippen LogP contribution in [-0.4, -0.2) is 54.4 Å². The summed E-state index contributed by atoms with van der Waals surface area (Å²) in [4.78, 5) is 24.0. The van der Waals surface area contributed by atoms with Gasteiger partial charge in [0.15, 0.2) is 0 Å². The molecule has 0 radical (unpaired) electrons. The first-order valence-electron chi connectivity index (χ1n) is 7.18. The van der Waals surface area contributed by atoms with E-state index in [1.54, 1.807) is 0 Å². The third-order valence-corrected chi connectivity index (χ3v) is 2.64. The van der Waals surface area contributed by atoms with E-state index in [1.807, 2.05) is 13.8 Å². The van der Waals surface area contributed by atoms with E-state index in [2.05, 4.69) is 19.2 Å². The van der Waals surface area contributed by atoms with Crippen LogP contribution in [0.15, 0.2) is 0 Å². The molecule has 118 valence electrons. The lowest BCUT2D eigenvalue weighted by atomic mass is 10.2. The lowest BCUT2D eigenvalue weighted by Crippen LogP contribution is -2.45. The number of nitrogens with one attached hydrogen (secondary N) is 1. The molecule has 0 aromatic rings. The number of amides is 2. The fourth-order valence-electron chi connectivity index (χ4n) is 1.60. The molecule has 0 saturated carbocycles. The van der Waals surface area contributed by atoms with Crippen molar-refractivity contribution in [1.29, 1.82) is 0 Å². The third kappa shape index (κ3) is 9.61. The standard InChI is InChI=1S/C14H28N2O4/c1-11(2)10-20-9-5-7-15-14(19)16(12(3)4)8-6-13(17)18/h11-12H,5-10H2,1-4H3,(H,15,19)(H,17,18). The smallest absolute Gasteiger partial charge is 0.317 e. The van der Waals surface area contributed by atoms with Gasteiger partial charge in [-0.15, -0.1) is 0 Å². The van der Waals surface area contributed by atoms with E-state index < -0.39 is 5.97 Å². The number of carbonyl (C=O) groups is 2. The molecule has 2 amide bonds. The summed E-state index contributed by atoms with van der Waals surface area (Å²) in [7, 11) is 0. The second-order valence-corrected chi connectivity index (χ2v) is 5.49. The molecule has 0 bridgehead atoms. The summed E-state index contributed by atoms with van der Waals surface area (Å²) >= 11 is 0. The summed E-state index contributed by atoms with van der Waals surface area (Å²) in [6.07, 6.45) is 0.715. The van der Waals surface area contributed by atoms with Crippen LogP contribution in [0.5, 0.6) is 0 Å².